The van der Waals surface area contributed by atoms with Crippen molar-refractivity contribution in [1.82, 2.24) is 4.90 Å². The maximum Gasteiger partial charge on any atom is 0.0873 e. The van der Waals surface area contributed by atoms with E-state index in [0.717, 1.165) is 6.54 Å². The molecule has 3 heteroatoms. The molecule has 3 nitrogen and oxygen atoms in total. The molecule has 0 aliphatic carbocycles. The standard InChI is InChI=1S/C7H12N2O/c8-6-5-3-9-2-1-4(10-5)7(6)9/h4-7H,1-3,8H2/t4-,5+,6+,7-/m0/s1. The van der Waals surface area contributed by atoms with Gasteiger partial charge >= 0.3 is 0 Å². The van der Waals surface area contributed by atoms with Gasteiger partial charge in [-0.1, -0.05) is 0 Å². The van der Waals surface area contributed by atoms with Gasteiger partial charge in [-0.05, 0) is 6.42 Å². The normalized spacial score (nSPS) is 58.5. The quantitative estimate of drug-likeness (QED) is 0.477. The van der Waals surface area contributed by atoms with Gasteiger partial charge in [0, 0.05) is 13.1 Å². The number of morpholine rings is 1. The van der Waals surface area contributed by atoms with Gasteiger partial charge < -0.3 is 10.5 Å². The molecule has 3 aliphatic rings. The Kier molecular flexibility index (Phi) is 0.854. The Bertz CT molecular complexity index is 156. The van der Waals surface area contributed by atoms with E-state index >= 15 is 0 Å². The minimum absolute atomic E-state index is 0.312. The second kappa shape index (κ2) is 1.55. The largest absolute Gasteiger partial charge is 0.370 e. The molecule has 2 N–H and O–H groups in total. The molecule has 0 saturated carbocycles. The summed E-state index contributed by atoms with van der Waals surface area (Å²) in [5.41, 5.74) is 5.94. The lowest BCUT2D eigenvalue weighted by atomic mass is 10.1. The monoisotopic (exact) mass is 140 g/mol. The van der Waals surface area contributed by atoms with Crippen LogP contribution in [-0.4, -0.2) is 42.3 Å². The molecular weight excluding hydrogens is 128 g/mol. The maximum absolute atomic E-state index is 5.94. The molecule has 3 rings (SSSR count). The molecule has 3 heterocycles. The van der Waals surface area contributed by atoms with Crippen molar-refractivity contribution in [1.29, 1.82) is 0 Å². The van der Waals surface area contributed by atoms with Gasteiger partial charge in [0.1, 0.15) is 0 Å². The van der Waals surface area contributed by atoms with Crippen LogP contribution in [0.4, 0.5) is 0 Å². The summed E-state index contributed by atoms with van der Waals surface area (Å²) < 4.78 is 5.70. The average molecular weight is 140 g/mol. The number of nitrogens with two attached hydrogens (primary N) is 1. The van der Waals surface area contributed by atoms with Crippen LogP contribution in [0.2, 0.25) is 0 Å². The molecule has 0 aromatic rings. The van der Waals surface area contributed by atoms with Crippen molar-refractivity contribution in [3.8, 4) is 0 Å². The van der Waals surface area contributed by atoms with Crippen LogP contribution in [0.3, 0.4) is 0 Å². The number of hydrogen-bond acceptors (Lipinski definition) is 3. The molecule has 2 bridgehead atoms. The summed E-state index contributed by atoms with van der Waals surface area (Å²) in [6.45, 7) is 2.29. The van der Waals surface area contributed by atoms with Gasteiger partial charge in [-0.2, -0.15) is 0 Å². The van der Waals surface area contributed by atoms with Crippen molar-refractivity contribution in [2.45, 2.75) is 30.7 Å². The van der Waals surface area contributed by atoms with Crippen LogP contribution in [0.5, 0.6) is 0 Å². The summed E-state index contributed by atoms with van der Waals surface area (Å²) in [6, 6.07) is 0.887. The van der Waals surface area contributed by atoms with E-state index in [2.05, 4.69) is 4.90 Å². The van der Waals surface area contributed by atoms with Crippen molar-refractivity contribution in [2.75, 3.05) is 13.1 Å². The highest BCUT2D eigenvalue weighted by molar-refractivity contribution is 5.10. The average Bonchev–Trinajstić information content (AvgIpc) is 2.44. The van der Waals surface area contributed by atoms with Gasteiger partial charge in [-0.15, -0.1) is 0 Å². The van der Waals surface area contributed by atoms with Gasteiger partial charge in [-0.25, -0.2) is 0 Å². The second-order valence-corrected chi connectivity index (χ2v) is 3.56. The zero-order chi connectivity index (χ0) is 6.72. The Balaban J connectivity index is 2.01. The summed E-state index contributed by atoms with van der Waals surface area (Å²) in [5, 5.41) is 0. The molecule has 0 amide bonds. The third-order valence-corrected chi connectivity index (χ3v) is 3.09. The Labute approximate surface area is 60.1 Å². The van der Waals surface area contributed by atoms with Crippen LogP contribution in [0.15, 0.2) is 0 Å². The third kappa shape index (κ3) is 0.447. The summed E-state index contributed by atoms with van der Waals surface area (Å²) in [4.78, 5) is 2.48. The van der Waals surface area contributed by atoms with Crippen molar-refractivity contribution in [3.05, 3.63) is 0 Å². The first kappa shape index (κ1) is 5.52. The van der Waals surface area contributed by atoms with Gasteiger partial charge in [0.2, 0.25) is 0 Å². The smallest absolute Gasteiger partial charge is 0.0873 e. The number of rotatable bonds is 0. The zero-order valence-corrected chi connectivity index (χ0v) is 5.86. The molecule has 0 aromatic heterocycles. The topological polar surface area (TPSA) is 38.5 Å². The number of hydrogen-bond donors (Lipinski definition) is 1. The predicted molar refractivity (Wildman–Crippen MR) is 36.6 cm³/mol. The molecule has 3 fully saturated rings. The van der Waals surface area contributed by atoms with E-state index in [9.17, 15) is 0 Å². The summed E-state index contributed by atoms with van der Waals surface area (Å²) in [6.07, 6.45) is 2.04. The minimum Gasteiger partial charge on any atom is -0.370 e. The summed E-state index contributed by atoms with van der Waals surface area (Å²) >= 11 is 0. The lowest BCUT2D eigenvalue weighted by molar-refractivity contribution is 0.00885. The van der Waals surface area contributed by atoms with Crippen LogP contribution in [-0.2, 0) is 4.74 Å². The lowest BCUT2D eigenvalue weighted by Crippen LogP contribution is -2.38. The van der Waals surface area contributed by atoms with E-state index in [1.54, 1.807) is 0 Å². The van der Waals surface area contributed by atoms with Crippen molar-refractivity contribution >= 4 is 0 Å². The molecule has 3 aliphatic heterocycles. The van der Waals surface area contributed by atoms with E-state index in [1.807, 2.05) is 0 Å². The zero-order valence-electron chi connectivity index (χ0n) is 5.86. The minimum atomic E-state index is 0.312. The fraction of sp³-hybridized carbons (Fsp3) is 1.00. The fourth-order valence-corrected chi connectivity index (χ4v) is 2.63. The van der Waals surface area contributed by atoms with E-state index in [1.165, 1.54) is 13.0 Å². The van der Waals surface area contributed by atoms with Gasteiger partial charge in [0.25, 0.3) is 0 Å². The van der Waals surface area contributed by atoms with Crippen molar-refractivity contribution in [3.63, 3.8) is 0 Å². The summed E-state index contributed by atoms with van der Waals surface area (Å²) in [5.74, 6) is 0. The first-order chi connectivity index (χ1) is 4.86. The Morgan fingerprint density at radius 2 is 2.30 bits per heavy atom. The molecule has 0 aromatic carbocycles. The number of fused-ring (bicyclic) bond motifs is 1. The highest BCUT2D eigenvalue weighted by Crippen LogP contribution is 2.38. The first-order valence-electron chi connectivity index (χ1n) is 4.01. The van der Waals surface area contributed by atoms with Crippen LogP contribution in [0.25, 0.3) is 0 Å². The summed E-state index contributed by atoms with van der Waals surface area (Å²) in [7, 11) is 0. The van der Waals surface area contributed by atoms with Crippen LogP contribution >= 0.6 is 0 Å². The Morgan fingerprint density at radius 3 is 2.90 bits per heavy atom. The molecular formula is C7H12N2O. The highest BCUT2D eigenvalue weighted by Gasteiger charge is 2.55. The van der Waals surface area contributed by atoms with Crippen LogP contribution in [0.1, 0.15) is 6.42 Å². The highest BCUT2D eigenvalue weighted by atomic mass is 16.5. The molecule has 4 atom stereocenters. The van der Waals surface area contributed by atoms with Gasteiger partial charge in [0.15, 0.2) is 0 Å². The van der Waals surface area contributed by atoms with E-state index < -0.39 is 0 Å². The third-order valence-electron chi connectivity index (χ3n) is 3.09. The Morgan fingerprint density at radius 1 is 1.40 bits per heavy atom. The molecule has 0 spiro atoms. The lowest BCUT2D eigenvalue weighted by Gasteiger charge is -2.21. The molecule has 56 valence electrons. The van der Waals surface area contributed by atoms with Gasteiger partial charge in [0.05, 0.1) is 24.3 Å². The molecule has 3 saturated heterocycles. The first-order valence-corrected chi connectivity index (χ1v) is 4.01. The Hall–Kier alpha value is -0.120. The van der Waals surface area contributed by atoms with Gasteiger partial charge in [-0.3, -0.25) is 4.90 Å². The van der Waals surface area contributed by atoms with Crippen molar-refractivity contribution in [2.24, 2.45) is 5.73 Å². The molecule has 0 unspecified atom stereocenters. The SMILES string of the molecule is N[C@H]1[C@@H]2[C@@H]3CCN2C[C@H]1O3. The van der Waals surface area contributed by atoms with E-state index in [-0.39, 0.29) is 0 Å². The number of ether oxygens (including phenoxy) is 1. The number of nitrogens with zero attached hydrogens (tertiary/aromatic N) is 1. The van der Waals surface area contributed by atoms with Crippen LogP contribution < -0.4 is 5.73 Å². The predicted octanol–water partition coefficient (Wildman–Crippen LogP) is -0.831. The van der Waals surface area contributed by atoms with Crippen LogP contribution in [0, 0.1) is 0 Å². The fourth-order valence-electron chi connectivity index (χ4n) is 2.63. The van der Waals surface area contributed by atoms with E-state index in [4.69, 9.17) is 10.5 Å². The van der Waals surface area contributed by atoms with Crippen molar-refractivity contribution < 1.29 is 4.74 Å². The molecule has 0 radical (unpaired) electrons. The maximum atomic E-state index is 5.94. The van der Waals surface area contributed by atoms with E-state index in [0.29, 0.717) is 24.3 Å². The molecule has 10 heavy (non-hydrogen) atoms. The second-order valence-electron chi connectivity index (χ2n) is 3.56.